The highest BCUT2D eigenvalue weighted by Gasteiger charge is 2.40. The number of aromatic nitrogens is 2. The molecule has 2 rings (SSSR count). The molecular formula is C16H22N3O9P. The molecule has 1 aromatic heterocycles. The van der Waals surface area contributed by atoms with Crippen LogP contribution in [-0.2, 0) is 23.8 Å². The lowest BCUT2D eigenvalue weighted by Crippen LogP contribution is -2.42. The average Bonchev–Trinajstić information content (AvgIpc) is 3.11. The van der Waals surface area contributed by atoms with Crippen molar-refractivity contribution in [3.63, 3.8) is 0 Å². The maximum Gasteiger partial charge on any atom is 0.330 e. The van der Waals surface area contributed by atoms with Gasteiger partial charge in [0.25, 0.3) is 5.56 Å². The molecular weight excluding hydrogens is 409 g/mol. The second-order valence-corrected chi connectivity index (χ2v) is 8.51. The Kier molecular flexibility index (Phi) is 7.44. The van der Waals surface area contributed by atoms with Gasteiger partial charge in [-0.3, -0.25) is 23.9 Å². The minimum absolute atomic E-state index is 0.292. The molecule has 0 spiro atoms. The second-order valence-electron chi connectivity index (χ2n) is 6.25. The third-order valence-corrected chi connectivity index (χ3v) is 6.17. The summed E-state index contributed by atoms with van der Waals surface area (Å²) in [6, 6.07) is 0. The Labute approximate surface area is 165 Å². The summed E-state index contributed by atoms with van der Waals surface area (Å²) in [5.74, 6) is -1.61. The molecule has 2 heterocycles. The zero-order chi connectivity index (χ0) is 21.8. The summed E-state index contributed by atoms with van der Waals surface area (Å²) in [7, 11) is -2.00. The van der Waals surface area contributed by atoms with Crippen LogP contribution in [0.3, 0.4) is 0 Å². The topological polar surface area (TPSA) is 163 Å². The third-order valence-electron chi connectivity index (χ3n) is 4.16. The first-order valence-electron chi connectivity index (χ1n) is 8.44. The van der Waals surface area contributed by atoms with E-state index in [2.05, 4.69) is 14.5 Å². The minimum atomic E-state index is -4.22. The lowest BCUT2D eigenvalue weighted by atomic mass is 10.3. The molecule has 13 heteroatoms. The van der Waals surface area contributed by atoms with Crippen LogP contribution < -0.4 is 16.1 Å². The summed E-state index contributed by atoms with van der Waals surface area (Å²) in [6.07, 6.45) is 2.07. The first-order chi connectivity index (χ1) is 13.6. The Morgan fingerprint density at radius 1 is 1.28 bits per heavy atom. The van der Waals surface area contributed by atoms with E-state index in [1.54, 1.807) is 0 Å². The van der Waals surface area contributed by atoms with Gasteiger partial charge in [0.1, 0.15) is 25.4 Å². The molecule has 1 aliphatic rings. The van der Waals surface area contributed by atoms with Crippen molar-refractivity contribution in [1.82, 2.24) is 14.2 Å². The molecule has 0 fully saturated rings. The van der Waals surface area contributed by atoms with Gasteiger partial charge in [-0.15, -0.1) is 4.67 Å². The fraction of sp³-hybridized carbons (Fsp3) is 0.500. The Morgan fingerprint density at radius 3 is 2.41 bits per heavy atom. The van der Waals surface area contributed by atoms with Crippen molar-refractivity contribution in [2.75, 3.05) is 33.5 Å². The number of nitrogens with zero attached hydrogens (tertiary/aromatic N) is 2. The van der Waals surface area contributed by atoms with E-state index < -0.39 is 62.6 Å². The maximum atomic E-state index is 12.8. The first-order valence-corrected chi connectivity index (χ1v) is 10.2. The van der Waals surface area contributed by atoms with Crippen LogP contribution in [0, 0.1) is 6.92 Å². The Bertz CT molecular complexity index is 890. The number of hydrogen-bond donors (Lipinski definition) is 2. The van der Waals surface area contributed by atoms with E-state index in [-0.39, 0.29) is 0 Å². The lowest BCUT2D eigenvalue weighted by molar-refractivity contribution is -0.205. The summed E-state index contributed by atoms with van der Waals surface area (Å²) < 4.78 is 16.5. The largest absolute Gasteiger partial charge is 0.641 e. The third kappa shape index (κ3) is 5.81. The van der Waals surface area contributed by atoms with Crippen molar-refractivity contribution < 1.29 is 33.6 Å². The SMILES string of the molecule is COC(=O)CN(CC(=O)OC)[P+]([O-])(O)C[C@@H]1C=C[C@H](n2cc(C)c(=O)[nH]c2=O)O1. The second kappa shape index (κ2) is 9.42. The smallest absolute Gasteiger partial charge is 0.330 e. The van der Waals surface area contributed by atoms with Crippen molar-refractivity contribution in [3.8, 4) is 0 Å². The van der Waals surface area contributed by atoms with Crippen molar-refractivity contribution in [2.45, 2.75) is 19.3 Å². The van der Waals surface area contributed by atoms with Crippen LogP contribution in [-0.4, -0.2) is 70.6 Å². The summed E-state index contributed by atoms with van der Waals surface area (Å²) in [5, 5.41) is 0. The number of hydrogen-bond acceptors (Lipinski definition) is 10. The van der Waals surface area contributed by atoms with Crippen LogP contribution in [0.4, 0.5) is 0 Å². The first kappa shape index (κ1) is 22.9. The van der Waals surface area contributed by atoms with E-state index in [0.717, 1.165) is 23.5 Å². The Hall–Kier alpha value is -2.37. The Balaban J connectivity index is 2.13. The zero-order valence-electron chi connectivity index (χ0n) is 16.1. The number of esters is 2. The van der Waals surface area contributed by atoms with Crippen molar-refractivity contribution in [1.29, 1.82) is 0 Å². The van der Waals surface area contributed by atoms with E-state index in [1.807, 2.05) is 0 Å². The van der Waals surface area contributed by atoms with Crippen molar-refractivity contribution in [2.24, 2.45) is 0 Å². The van der Waals surface area contributed by atoms with Crippen LogP contribution in [0.2, 0.25) is 0 Å². The fourth-order valence-corrected chi connectivity index (χ4v) is 4.16. The van der Waals surface area contributed by atoms with Crippen LogP contribution in [0.15, 0.2) is 27.9 Å². The van der Waals surface area contributed by atoms with Gasteiger partial charge in [0, 0.05) is 11.8 Å². The summed E-state index contributed by atoms with van der Waals surface area (Å²) in [6.45, 7) is 0.319. The van der Waals surface area contributed by atoms with Gasteiger partial charge in [-0.2, -0.15) is 0 Å². The highest BCUT2D eigenvalue weighted by Crippen LogP contribution is 2.50. The van der Waals surface area contributed by atoms with Gasteiger partial charge in [0.05, 0.1) is 14.2 Å². The molecule has 3 atom stereocenters. The standard InChI is InChI=1S/C16H22N3O9P/c1-10-6-19(16(23)17-15(10)22)12-5-4-11(28-12)9-29(24,25)18(7-13(20)26-2)8-14(21)27-3/h4-6,11-12H,7-9H2,1-3H3,(H,24,25)(H,17,22,23)/t11-,12+/m0/s1. The number of aromatic amines is 1. The molecule has 0 saturated carbocycles. The number of carbonyl (C=O) groups is 2. The molecule has 12 nitrogen and oxygen atoms in total. The van der Waals surface area contributed by atoms with Gasteiger partial charge in [0.15, 0.2) is 14.1 Å². The average molecular weight is 431 g/mol. The molecule has 0 saturated heterocycles. The number of H-pyrrole nitrogens is 1. The molecule has 0 radical (unpaired) electrons. The Morgan fingerprint density at radius 2 is 1.86 bits per heavy atom. The van der Waals surface area contributed by atoms with E-state index in [1.165, 1.54) is 25.3 Å². The predicted molar refractivity (Wildman–Crippen MR) is 98.7 cm³/mol. The van der Waals surface area contributed by atoms with Gasteiger partial charge in [-0.1, -0.05) is 6.08 Å². The van der Waals surface area contributed by atoms with Crippen molar-refractivity contribution >= 4 is 19.8 Å². The molecule has 160 valence electrons. The van der Waals surface area contributed by atoms with E-state index in [4.69, 9.17) is 4.74 Å². The molecule has 0 bridgehead atoms. The normalized spacial score (nSPS) is 20.5. The molecule has 1 aromatic rings. The number of aryl methyl sites for hydroxylation is 1. The zero-order valence-corrected chi connectivity index (χ0v) is 17.0. The quantitative estimate of drug-likeness (QED) is 0.269. The predicted octanol–water partition coefficient (Wildman–Crippen LogP) is -1.94. The van der Waals surface area contributed by atoms with Gasteiger partial charge in [-0.05, 0) is 13.0 Å². The summed E-state index contributed by atoms with van der Waals surface area (Å²) in [4.78, 5) is 72.0. The lowest BCUT2D eigenvalue weighted by Gasteiger charge is -2.34. The highest BCUT2D eigenvalue weighted by molar-refractivity contribution is 7.60. The number of nitrogens with one attached hydrogen (secondary N) is 1. The fourth-order valence-electron chi connectivity index (χ4n) is 2.58. The maximum absolute atomic E-state index is 12.8. The van der Waals surface area contributed by atoms with Crippen LogP contribution >= 0.6 is 7.87 Å². The van der Waals surface area contributed by atoms with E-state index in [9.17, 15) is 29.0 Å². The summed E-state index contributed by atoms with van der Waals surface area (Å²) >= 11 is 0. The van der Waals surface area contributed by atoms with Crippen LogP contribution in [0.25, 0.3) is 0 Å². The van der Waals surface area contributed by atoms with Gasteiger partial charge < -0.3 is 19.1 Å². The number of carbonyl (C=O) groups excluding carboxylic acids is 2. The van der Waals surface area contributed by atoms with E-state index in [0.29, 0.717) is 5.56 Å². The number of rotatable bonds is 8. The van der Waals surface area contributed by atoms with Gasteiger partial charge in [0.2, 0.25) is 0 Å². The van der Waals surface area contributed by atoms with Gasteiger partial charge in [-0.25, -0.2) is 9.69 Å². The minimum Gasteiger partial charge on any atom is -0.641 e. The van der Waals surface area contributed by atoms with Gasteiger partial charge >= 0.3 is 17.6 Å². The number of ether oxygens (including phenoxy) is 3. The molecule has 1 aliphatic heterocycles. The molecule has 2 N–H and O–H groups in total. The van der Waals surface area contributed by atoms with Crippen molar-refractivity contribution in [3.05, 3.63) is 44.8 Å². The molecule has 0 amide bonds. The molecule has 0 aliphatic carbocycles. The number of methoxy groups -OCH3 is 2. The molecule has 0 aromatic carbocycles. The van der Waals surface area contributed by atoms with E-state index >= 15 is 0 Å². The van der Waals surface area contributed by atoms with Crippen LogP contribution in [0.5, 0.6) is 0 Å². The molecule has 29 heavy (non-hydrogen) atoms. The highest BCUT2D eigenvalue weighted by atomic mass is 31.2. The summed E-state index contributed by atoms with van der Waals surface area (Å²) in [5.41, 5.74) is -0.924. The van der Waals surface area contributed by atoms with Crippen LogP contribution in [0.1, 0.15) is 11.8 Å². The molecule has 1 unspecified atom stereocenters. The monoisotopic (exact) mass is 431 g/mol.